The van der Waals surface area contributed by atoms with E-state index < -0.39 is 0 Å². The smallest absolute Gasteiger partial charge is 0.0504 e. The Kier molecular flexibility index (Phi) is 26.7. The molecule has 4 nitrogen and oxygen atoms in total. The van der Waals surface area contributed by atoms with Crippen molar-refractivity contribution in [2.24, 2.45) is 0 Å². The van der Waals surface area contributed by atoms with Gasteiger partial charge in [0.1, 0.15) is 0 Å². The van der Waals surface area contributed by atoms with Gasteiger partial charge in [-0.1, -0.05) is 305 Å². The Balaban J connectivity index is 0.945. The van der Waals surface area contributed by atoms with Crippen LogP contribution in [-0.4, -0.2) is 18.3 Å². The van der Waals surface area contributed by atoms with E-state index in [9.17, 15) is 0 Å². The molecule has 0 aliphatic heterocycles. The molecule has 12 aromatic rings. The lowest BCUT2D eigenvalue weighted by atomic mass is 10.0. The molecule has 0 atom stereocenters. The Labute approximate surface area is 624 Å². The normalized spacial score (nSPS) is 12.0. The molecule has 4 heteroatoms. The highest BCUT2D eigenvalue weighted by Crippen LogP contribution is 2.39. The molecule has 4 aromatic heterocycles. The maximum absolute atomic E-state index is 3.90. The lowest BCUT2D eigenvalue weighted by Gasteiger charge is -2.08. The minimum Gasteiger partial charge on any atom is -0.340 e. The Morgan fingerprint density at radius 2 is 0.385 bits per heavy atom. The van der Waals surface area contributed by atoms with Crippen LogP contribution in [0.2, 0.25) is 0 Å². The predicted octanol–water partition coefficient (Wildman–Crippen LogP) is 28.2. The van der Waals surface area contributed by atoms with E-state index in [0.29, 0.717) is 0 Å². The van der Waals surface area contributed by atoms with E-state index in [1.807, 2.05) is 0 Å². The van der Waals surface area contributed by atoms with Crippen molar-refractivity contribution in [2.75, 3.05) is 0 Å². The second-order valence-electron chi connectivity index (χ2n) is 30.6. The largest absolute Gasteiger partial charge is 0.340 e. The van der Waals surface area contributed by atoms with Crippen molar-refractivity contribution in [1.82, 2.24) is 18.3 Å². The molecule has 0 fully saturated rings. The summed E-state index contributed by atoms with van der Waals surface area (Å²) in [6, 6.07) is 55.1. The van der Waals surface area contributed by atoms with Crippen LogP contribution in [-0.2, 0) is 26.2 Å². The fourth-order valence-electron chi connectivity index (χ4n) is 17.2. The van der Waals surface area contributed by atoms with Crippen molar-refractivity contribution >= 4 is 87.2 Å². The number of unbranched alkanes of at least 4 members (excludes halogenated alkanes) is 32. The molecule has 0 N–H and O–H groups in total. The van der Waals surface area contributed by atoms with Crippen molar-refractivity contribution in [1.29, 1.82) is 0 Å². The molecule has 8 aromatic carbocycles. The van der Waals surface area contributed by atoms with Crippen LogP contribution in [0.1, 0.15) is 303 Å². The quantitative estimate of drug-likeness (QED) is 0.0269. The molecule has 104 heavy (non-hydrogen) atoms. The Morgan fingerprint density at radius 1 is 0.192 bits per heavy atom. The summed E-state index contributed by atoms with van der Waals surface area (Å²) in [7, 11) is 0. The Bertz CT molecular complexity index is 4830. The summed E-state index contributed by atoms with van der Waals surface area (Å²) in [5.74, 6) is 30.5. The molecule has 1 aliphatic carbocycles. The number of hydrogen-bond donors (Lipinski definition) is 0. The molecule has 8 bridgehead atoms. The average Bonchev–Trinajstić information content (AvgIpc) is 1.61. The maximum atomic E-state index is 3.90. The minimum atomic E-state index is 0.968. The van der Waals surface area contributed by atoms with Gasteiger partial charge in [-0.15, -0.1) is 0 Å². The summed E-state index contributed by atoms with van der Waals surface area (Å²) in [5, 5.41) is 9.73. The van der Waals surface area contributed by atoms with E-state index in [1.54, 1.807) is 0 Å². The van der Waals surface area contributed by atoms with Gasteiger partial charge in [-0.25, -0.2) is 0 Å². The first-order valence-electron chi connectivity index (χ1n) is 41.8. The third-order valence-corrected chi connectivity index (χ3v) is 22.9. The second kappa shape index (κ2) is 37.8. The number of rotatable bonds is 40. The van der Waals surface area contributed by atoms with Gasteiger partial charge >= 0.3 is 0 Å². The Morgan fingerprint density at radius 3 is 0.606 bits per heavy atom. The number of benzene rings is 8. The van der Waals surface area contributed by atoms with Gasteiger partial charge in [-0.2, -0.15) is 0 Å². The third-order valence-electron chi connectivity index (χ3n) is 22.9. The van der Waals surface area contributed by atoms with Crippen molar-refractivity contribution in [3.8, 4) is 47.4 Å². The number of fused-ring (bicyclic) bond motifs is 4. The van der Waals surface area contributed by atoms with Gasteiger partial charge in [0, 0.05) is 136 Å². The van der Waals surface area contributed by atoms with E-state index >= 15 is 0 Å². The molecule has 0 spiro atoms. The maximum Gasteiger partial charge on any atom is 0.0504 e. The van der Waals surface area contributed by atoms with E-state index in [1.165, 1.54) is 293 Å². The van der Waals surface area contributed by atoms with Crippen molar-refractivity contribution in [3.63, 3.8) is 0 Å². The molecule has 0 radical (unpaired) electrons. The molecular weight excluding hydrogens is 1260 g/mol. The predicted molar refractivity (Wildman–Crippen MR) is 451 cm³/mol. The molecule has 1 aliphatic rings. The van der Waals surface area contributed by atoms with Gasteiger partial charge in [0.25, 0.3) is 0 Å². The van der Waals surface area contributed by atoms with Gasteiger partial charge < -0.3 is 18.3 Å². The first-order valence-corrected chi connectivity index (χ1v) is 41.8. The highest BCUT2D eigenvalue weighted by molar-refractivity contribution is 6.15. The van der Waals surface area contributed by atoms with Gasteiger partial charge in [-0.05, 0) is 147 Å². The number of aryl methyl sites for hydroxylation is 4. The van der Waals surface area contributed by atoms with Crippen LogP contribution in [0.15, 0.2) is 146 Å². The van der Waals surface area contributed by atoms with Gasteiger partial charge in [0.05, 0.1) is 22.1 Å². The van der Waals surface area contributed by atoms with Crippen molar-refractivity contribution < 1.29 is 0 Å². The van der Waals surface area contributed by atoms with Gasteiger partial charge in [0.2, 0.25) is 0 Å². The van der Waals surface area contributed by atoms with Crippen LogP contribution in [0, 0.1) is 47.4 Å². The van der Waals surface area contributed by atoms with Crippen LogP contribution < -0.4 is 0 Å². The van der Waals surface area contributed by atoms with Crippen molar-refractivity contribution in [2.45, 2.75) is 285 Å². The number of hydrogen-bond acceptors (Lipinski definition) is 0. The second-order valence-corrected chi connectivity index (χ2v) is 30.6. The Hall–Kier alpha value is -8.80. The van der Waals surface area contributed by atoms with E-state index in [2.05, 4.69) is 239 Å². The molecule has 0 saturated carbocycles. The average molecular weight is 1370 g/mol. The zero-order valence-corrected chi connectivity index (χ0v) is 63.9. The summed E-state index contributed by atoms with van der Waals surface area (Å²) >= 11 is 0. The monoisotopic (exact) mass is 1370 g/mol. The zero-order chi connectivity index (χ0) is 71.1. The number of nitrogens with zero attached hydrogens (tertiary/aromatic N) is 4. The minimum absolute atomic E-state index is 0.968. The molecule has 0 amide bonds. The van der Waals surface area contributed by atoms with E-state index in [0.717, 1.165) is 96.4 Å². The van der Waals surface area contributed by atoms with Crippen LogP contribution >= 0.6 is 0 Å². The standard InChI is InChI=1S/C100H116N4/c1-5-9-13-17-21-25-29-33-37-69-101-89-65-57-77-53-54-78-58-66-90-86(74-78)98-82(46-42-50-94(98)102(90)70-38-34-30-26-22-18-14-10-6-2)62-56-80-60-68-92-88(76-80)100-84(48-44-52-96(100)104(92)72-40-36-32-28-24-20-16-12-8-4)64-63-83-47-43-51-95-99(83)87-75-79(55-61-81-45-41-49-93(101)97(81)85(89)73-77)59-67-91(87)103(95)71-39-35-31-27-23-19-15-11-7-3/h41-52,57-60,65-68,73-76H,5-40,69-72H2,1-4H3. The summed E-state index contributed by atoms with van der Waals surface area (Å²) in [6.45, 7) is 13.1. The summed E-state index contributed by atoms with van der Waals surface area (Å²) in [4.78, 5) is 0. The fourth-order valence-corrected chi connectivity index (χ4v) is 17.2. The van der Waals surface area contributed by atoms with Crippen LogP contribution in [0.4, 0.5) is 0 Å². The number of aromatic nitrogens is 4. The van der Waals surface area contributed by atoms with E-state index in [-0.39, 0.29) is 0 Å². The lowest BCUT2D eigenvalue weighted by Crippen LogP contribution is -1.98. The SMILES string of the molecule is CCCCCCCCCCCn1c2ccc3cc2c2c(cccc21)C#Cc1ccc2c(c1)c1c(cccc1n2CCCCCCCCCCC)C#Cc1cccc2c1c1cc(ccc1n2CCCCCCCCCCC)C#Cc1cccc2c1c1cc(ccc1n2CCCCCCCCCCC)C#C3. The first-order chi connectivity index (χ1) is 51.5. The molecule has 536 valence electrons. The highest BCUT2D eigenvalue weighted by Gasteiger charge is 2.20. The van der Waals surface area contributed by atoms with Crippen LogP contribution in [0.3, 0.4) is 0 Å². The first kappa shape index (κ1) is 73.5. The van der Waals surface area contributed by atoms with Gasteiger partial charge in [-0.3, -0.25) is 0 Å². The van der Waals surface area contributed by atoms with Crippen LogP contribution in [0.5, 0.6) is 0 Å². The highest BCUT2D eigenvalue weighted by atomic mass is 15.0. The summed E-state index contributed by atoms with van der Waals surface area (Å²) < 4.78 is 10.4. The summed E-state index contributed by atoms with van der Waals surface area (Å²) in [6.07, 6.45) is 46.9. The summed E-state index contributed by atoms with van der Waals surface area (Å²) in [5.41, 5.74) is 18.2. The lowest BCUT2D eigenvalue weighted by molar-refractivity contribution is 0.546. The molecule has 13 rings (SSSR count). The topological polar surface area (TPSA) is 19.7 Å². The molecule has 4 heterocycles. The fraction of sp³-hybridized carbons (Fsp3) is 0.440. The van der Waals surface area contributed by atoms with Crippen molar-refractivity contribution in [3.05, 3.63) is 190 Å². The third kappa shape index (κ3) is 17.8. The molecule has 0 saturated heterocycles. The molecular formula is C100H116N4. The van der Waals surface area contributed by atoms with Crippen LogP contribution in [0.25, 0.3) is 87.2 Å². The molecule has 0 unspecified atom stereocenters. The zero-order valence-electron chi connectivity index (χ0n) is 63.9. The van der Waals surface area contributed by atoms with Gasteiger partial charge in [0.15, 0.2) is 0 Å². The van der Waals surface area contributed by atoms with E-state index in [4.69, 9.17) is 0 Å².